The zero-order valence-corrected chi connectivity index (χ0v) is 15.0. The summed E-state index contributed by atoms with van der Waals surface area (Å²) in [5, 5.41) is 2.68. The van der Waals surface area contributed by atoms with Crippen molar-refractivity contribution in [1.82, 2.24) is 14.9 Å². The van der Waals surface area contributed by atoms with Gasteiger partial charge < -0.3 is 5.32 Å². The minimum Gasteiger partial charge on any atom is -0.354 e. The monoisotopic (exact) mass is 389 g/mol. The van der Waals surface area contributed by atoms with Crippen LogP contribution in [0.4, 0.5) is 13.2 Å². The number of carbonyl (C=O) groups is 1. The lowest BCUT2D eigenvalue weighted by molar-refractivity contribution is -0.142. The minimum atomic E-state index is -4.90. The molecule has 146 valence electrons. The van der Waals surface area contributed by atoms with Gasteiger partial charge in [0.25, 0.3) is 5.56 Å². The van der Waals surface area contributed by atoms with Gasteiger partial charge in [0.1, 0.15) is 6.54 Å². The van der Waals surface area contributed by atoms with Gasteiger partial charge in [0.15, 0.2) is 0 Å². The third kappa shape index (κ3) is 4.21. The van der Waals surface area contributed by atoms with Gasteiger partial charge in [-0.25, -0.2) is 4.98 Å². The molecule has 3 rings (SSSR count). The van der Waals surface area contributed by atoms with Crippen LogP contribution in [-0.2, 0) is 17.5 Å². The standard InChI is InChI=1S/C20H18F3N3O2/c1-13(14-7-3-2-4-8-14)11-24-17(27)12-26-16-10-6-5-9-15(16)25-18(19(26)28)20(21,22)23/h2-10,13H,11-12H2,1H3,(H,24,27)/t13-/m0/s1. The van der Waals surface area contributed by atoms with E-state index in [2.05, 4.69) is 10.3 Å². The number of hydrogen-bond acceptors (Lipinski definition) is 3. The summed E-state index contributed by atoms with van der Waals surface area (Å²) in [6, 6.07) is 15.4. The topological polar surface area (TPSA) is 64.0 Å². The number of aromatic nitrogens is 2. The van der Waals surface area contributed by atoms with E-state index in [-0.39, 0.29) is 17.0 Å². The van der Waals surface area contributed by atoms with Crippen molar-refractivity contribution in [1.29, 1.82) is 0 Å². The van der Waals surface area contributed by atoms with Gasteiger partial charge in [0.05, 0.1) is 11.0 Å². The number of carbonyl (C=O) groups excluding carboxylic acids is 1. The van der Waals surface area contributed by atoms with Crippen LogP contribution in [0.1, 0.15) is 24.1 Å². The lowest BCUT2D eigenvalue weighted by Crippen LogP contribution is -2.37. The fourth-order valence-electron chi connectivity index (χ4n) is 2.90. The van der Waals surface area contributed by atoms with E-state index in [0.29, 0.717) is 6.54 Å². The van der Waals surface area contributed by atoms with E-state index in [4.69, 9.17) is 0 Å². The first kappa shape index (κ1) is 19.6. The van der Waals surface area contributed by atoms with Gasteiger partial charge in [-0.15, -0.1) is 0 Å². The van der Waals surface area contributed by atoms with Crippen LogP contribution in [0.3, 0.4) is 0 Å². The summed E-state index contributed by atoms with van der Waals surface area (Å²) in [7, 11) is 0. The predicted octanol–water partition coefficient (Wildman–Crippen LogP) is 3.34. The third-order valence-corrected chi connectivity index (χ3v) is 4.40. The first-order chi connectivity index (χ1) is 13.3. The SMILES string of the molecule is C[C@@H](CNC(=O)Cn1c(=O)c(C(F)(F)F)nc2ccccc21)c1ccccc1. The summed E-state index contributed by atoms with van der Waals surface area (Å²) >= 11 is 0. The Morgan fingerprint density at radius 1 is 1.11 bits per heavy atom. The summed E-state index contributed by atoms with van der Waals surface area (Å²) in [5.41, 5.74) is -1.67. The Bertz CT molecular complexity index is 1050. The Kier molecular flexibility index (Phi) is 5.48. The van der Waals surface area contributed by atoms with E-state index in [1.165, 1.54) is 18.2 Å². The molecule has 28 heavy (non-hydrogen) atoms. The molecule has 8 heteroatoms. The molecule has 0 unspecified atom stereocenters. The molecule has 1 amide bonds. The van der Waals surface area contributed by atoms with Crippen molar-refractivity contribution in [2.24, 2.45) is 0 Å². The summed E-state index contributed by atoms with van der Waals surface area (Å²) in [6.07, 6.45) is -4.90. The van der Waals surface area contributed by atoms with Gasteiger partial charge in [-0.1, -0.05) is 49.4 Å². The van der Waals surface area contributed by atoms with Crippen LogP contribution in [0.15, 0.2) is 59.4 Å². The molecular formula is C20H18F3N3O2. The van der Waals surface area contributed by atoms with Crippen molar-refractivity contribution in [2.45, 2.75) is 25.6 Å². The first-order valence-electron chi connectivity index (χ1n) is 8.66. The van der Waals surface area contributed by atoms with Crippen LogP contribution in [0.2, 0.25) is 0 Å². The van der Waals surface area contributed by atoms with Crippen molar-refractivity contribution >= 4 is 16.9 Å². The molecule has 1 heterocycles. The van der Waals surface area contributed by atoms with E-state index >= 15 is 0 Å². The third-order valence-electron chi connectivity index (χ3n) is 4.40. The Morgan fingerprint density at radius 3 is 2.43 bits per heavy atom. The average Bonchev–Trinajstić information content (AvgIpc) is 2.68. The highest BCUT2D eigenvalue weighted by molar-refractivity contribution is 5.80. The number of alkyl halides is 3. The highest BCUT2D eigenvalue weighted by Gasteiger charge is 2.37. The number of amides is 1. The Balaban J connectivity index is 1.84. The maximum atomic E-state index is 13.2. The van der Waals surface area contributed by atoms with Gasteiger partial charge in [0.2, 0.25) is 11.6 Å². The van der Waals surface area contributed by atoms with Crippen LogP contribution in [-0.4, -0.2) is 22.0 Å². The number of nitrogens with zero attached hydrogens (tertiary/aromatic N) is 2. The van der Waals surface area contributed by atoms with Crippen molar-refractivity contribution in [2.75, 3.05) is 6.54 Å². The second kappa shape index (κ2) is 7.84. The summed E-state index contributed by atoms with van der Waals surface area (Å²) in [4.78, 5) is 28.1. The molecular weight excluding hydrogens is 371 g/mol. The number of fused-ring (bicyclic) bond motifs is 1. The molecule has 1 aromatic heterocycles. The molecule has 0 bridgehead atoms. The number of halogens is 3. The lowest BCUT2D eigenvalue weighted by atomic mass is 10.0. The normalized spacial score (nSPS) is 12.7. The molecule has 2 aromatic carbocycles. The average molecular weight is 389 g/mol. The second-order valence-corrected chi connectivity index (χ2v) is 6.45. The Hall–Kier alpha value is -3.16. The second-order valence-electron chi connectivity index (χ2n) is 6.45. The summed E-state index contributed by atoms with van der Waals surface area (Å²) in [6.45, 7) is 1.70. The molecule has 0 spiro atoms. The smallest absolute Gasteiger partial charge is 0.354 e. The largest absolute Gasteiger partial charge is 0.438 e. The fourth-order valence-corrected chi connectivity index (χ4v) is 2.90. The zero-order valence-electron chi connectivity index (χ0n) is 15.0. The highest BCUT2D eigenvalue weighted by atomic mass is 19.4. The van der Waals surface area contributed by atoms with Crippen LogP contribution < -0.4 is 10.9 Å². The molecule has 0 aliphatic heterocycles. The molecule has 0 saturated heterocycles. The lowest BCUT2D eigenvalue weighted by Gasteiger charge is -2.15. The molecule has 3 aromatic rings. The molecule has 0 fully saturated rings. The number of rotatable bonds is 5. The maximum Gasteiger partial charge on any atom is 0.438 e. The van der Waals surface area contributed by atoms with Gasteiger partial charge in [-0.3, -0.25) is 14.2 Å². The Labute approximate surface area is 158 Å². The highest BCUT2D eigenvalue weighted by Crippen LogP contribution is 2.26. The Morgan fingerprint density at radius 2 is 1.75 bits per heavy atom. The number of hydrogen-bond donors (Lipinski definition) is 1. The van der Waals surface area contributed by atoms with E-state index in [0.717, 1.165) is 10.1 Å². The predicted molar refractivity (Wildman–Crippen MR) is 98.9 cm³/mol. The molecule has 5 nitrogen and oxygen atoms in total. The van der Waals surface area contributed by atoms with Gasteiger partial charge >= 0.3 is 6.18 Å². The van der Waals surface area contributed by atoms with Crippen LogP contribution in [0.25, 0.3) is 11.0 Å². The number of nitrogens with one attached hydrogen (secondary N) is 1. The number of benzene rings is 2. The van der Waals surface area contributed by atoms with Crippen molar-refractivity contribution in [3.63, 3.8) is 0 Å². The molecule has 0 aliphatic rings. The maximum absolute atomic E-state index is 13.2. The minimum absolute atomic E-state index is 0.000112. The molecule has 0 saturated carbocycles. The number of para-hydroxylation sites is 2. The molecule has 0 aliphatic carbocycles. The van der Waals surface area contributed by atoms with Gasteiger partial charge in [-0.2, -0.15) is 13.2 Å². The van der Waals surface area contributed by atoms with E-state index in [1.54, 1.807) is 6.07 Å². The van der Waals surface area contributed by atoms with Crippen LogP contribution in [0.5, 0.6) is 0 Å². The van der Waals surface area contributed by atoms with Crippen molar-refractivity contribution < 1.29 is 18.0 Å². The van der Waals surface area contributed by atoms with E-state index in [9.17, 15) is 22.8 Å². The van der Waals surface area contributed by atoms with Gasteiger partial charge in [-0.05, 0) is 23.6 Å². The zero-order chi connectivity index (χ0) is 20.3. The summed E-state index contributed by atoms with van der Waals surface area (Å²) < 4.78 is 40.3. The molecule has 1 atom stereocenters. The van der Waals surface area contributed by atoms with Crippen molar-refractivity contribution in [3.8, 4) is 0 Å². The molecule has 1 N–H and O–H groups in total. The summed E-state index contributed by atoms with van der Waals surface area (Å²) in [5.74, 6) is -0.531. The van der Waals surface area contributed by atoms with Crippen LogP contribution >= 0.6 is 0 Å². The quantitative estimate of drug-likeness (QED) is 0.728. The van der Waals surface area contributed by atoms with Crippen molar-refractivity contribution in [3.05, 3.63) is 76.2 Å². The van der Waals surface area contributed by atoms with Gasteiger partial charge in [0, 0.05) is 6.54 Å². The molecule has 0 radical (unpaired) electrons. The van der Waals surface area contributed by atoms with E-state index in [1.807, 2.05) is 37.3 Å². The fraction of sp³-hybridized carbons (Fsp3) is 0.250. The first-order valence-corrected chi connectivity index (χ1v) is 8.66. The van der Waals surface area contributed by atoms with E-state index < -0.39 is 29.9 Å². The van der Waals surface area contributed by atoms with Crippen LogP contribution in [0, 0.1) is 0 Å².